The Labute approximate surface area is 82.8 Å². The van der Waals surface area contributed by atoms with Crippen LogP contribution in [0.25, 0.3) is 0 Å². The second kappa shape index (κ2) is 5.01. The summed E-state index contributed by atoms with van der Waals surface area (Å²) in [7, 11) is 0. The smallest absolute Gasteiger partial charge is 0.312 e. The highest BCUT2D eigenvalue weighted by atomic mass is 16.4. The van der Waals surface area contributed by atoms with Gasteiger partial charge in [0.25, 0.3) is 0 Å². The number of nitrogens with two attached hydrogens (primary N) is 1. The van der Waals surface area contributed by atoms with Gasteiger partial charge in [0.2, 0.25) is 5.89 Å². The van der Waals surface area contributed by atoms with E-state index in [0.29, 0.717) is 5.89 Å². The predicted molar refractivity (Wildman–Crippen MR) is 55.6 cm³/mol. The van der Waals surface area contributed by atoms with Crippen LogP contribution in [0.4, 0.5) is 6.01 Å². The van der Waals surface area contributed by atoms with Crippen molar-refractivity contribution in [3.05, 3.63) is 42.8 Å². The molecular weight excluding hydrogens is 178 g/mol. The molecule has 1 unspecified atom stereocenters. The Morgan fingerprint density at radius 1 is 1.43 bits per heavy atom. The molecule has 0 bridgehead atoms. The van der Waals surface area contributed by atoms with Gasteiger partial charge in [0.15, 0.2) is 0 Å². The fraction of sp³-hybridized carbons (Fsp3) is 0.200. The molecular formula is C10H13N3O. The van der Waals surface area contributed by atoms with E-state index in [9.17, 15) is 0 Å². The Kier molecular flexibility index (Phi) is 3.67. The molecule has 4 nitrogen and oxygen atoms in total. The number of anilines is 1. The first-order valence-corrected chi connectivity index (χ1v) is 4.29. The lowest BCUT2D eigenvalue weighted by Gasteiger charge is -1.98. The summed E-state index contributed by atoms with van der Waals surface area (Å²) in [6.45, 7) is 5.62. The number of allylic oxidation sites excluding steroid dienone is 5. The van der Waals surface area contributed by atoms with Crippen molar-refractivity contribution in [1.29, 1.82) is 0 Å². The monoisotopic (exact) mass is 191 g/mol. The van der Waals surface area contributed by atoms with Gasteiger partial charge in [0, 0.05) is 0 Å². The molecule has 0 saturated heterocycles. The third-order valence-corrected chi connectivity index (χ3v) is 1.62. The molecule has 1 aromatic heterocycles. The van der Waals surface area contributed by atoms with Crippen molar-refractivity contribution < 1.29 is 4.42 Å². The number of rotatable bonds is 4. The Morgan fingerprint density at radius 2 is 2.21 bits per heavy atom. The van der Waals surface area contributed by atoms with Crippen LogP contribution >= 0.6 is 0 Å². The molecule has 1 aromatic rings. The van der Waals surface area contributed by atoms with E-state index in [0.717, 1.165) is 0 Å². The molecule has 0 aliphatic heterocycles. The second-order valence-electron chi connectivity index (χ2n) is 2.65. The van der Waals surface area contributed by atoms with Crippen molar-refractivity contribution >= 4 is 6.01 Å². The van der Waals surface area contributed by atoms with Gasteiger partial charge in [-0.25, -0.2) is 0 Å². The van der Waals surface area contributed by atoms with Gasteiger partial charge < -0.3 is 10.2 Å². The van der Waals surface area contributed by atoms with Crippen LogP contribution in [-0.2, 0) is 0 Å². The van der Waals surface area contributed by atoms with E-state index in [1.165, 1.54) is 0 Å². The topological polar surface area (TPSA) is 64.9 Å². The van der Waals surface area contributed by atoms with Crippen molar-refractivity contribution in [2.45, 2.75) is 12.8 Å². The van der Waals surface area contributed by atoms with Gasteiger partial charge in [-0.05, 0) is 6.92 Å². The maximum atomic E-state index is 5.31. The number of hydrogen-bond donors (Lipinski definition) is 1. The molecule has 1 rings (SSSR count). The lowest BCUT2D eigenvalue weighted by Crippen LogP contribution is -1.90. The molecule has 0 saturated carbocycles. The second-order valence-corrected chi connectivity index (χ2v) is 2.65. The van der Waals surface area contributed by atoms with E-state index in [1.807, 2.05) is 31.2 Å². The van der Waals surface area contributed by atoms with Gasteiger partial charge in [-0.15, -0.1) is 11.7 Å². The molecule has 74 valence electrons. The summed E-state index contributed by atoms with van der Waals surface area (Å²) in [6.07, 6.45) is 9.36. The van der Waals surface area contributed by atoms with Crippen molar-refractivity contribution in [2.24, 2.45) is 0 Å². The van der Waals surface area contributed by atoms with Crippen LogP contribution in [0.5, 0.6) is 0 Å². The predicted octanol–water partition coefficient (Wildman–Crippen LogP) is 2.05. The van der Waals surface area contributed by atoms with Crippen molar-refractivity contribution in [3.8, 4) is 0 Å². The van der Waals surface area contributed by atoms with Gasteiger partial charge >= 0.3 is 6.01 Å². The fourth-order valence-corrected chi connectivity index (χ4v) is 0.938. The molecule has 0 aliphatic carbocycles. The summed E-state index contributed by atoms with van der Waals surface area (Å²) in [6, 6.07) is 0.0753. The number of nitrogens with zero attached hydrogens (tertiary/aromatic N) is 2. The summed E-state index contributed by atoms with van der Waals surface area (Å²) in [4.78, 5) is 0. The maximum Gasteiger partial charge on any atom is 0.312 e. The van der Waals surface area contributed by atoms with Crippen LogP contribution in [0.1, 0.15) is 18.7 Å². The first-order valence-electron chi connectivity index (χ1n) is 4.29. The lowest BCUT2D eigenvalue weighted by atomic mass is 10.1. The maximum absolute atomic E-state index is 5.31. The average molecular weight is 191 g/mol. The Balaban J connectivity index is 2.77. The average Bonchev–Trinajstić information content (AvgIpc) is 2.60. The van der Waals surface area contributed by atoms with Gasteiger partial charge in [-0.3, -0.25) is 0 Å². The number of nitrogen functional groups attached to an aromatic ring is 1. The molecule has 0 radical (unpaired) electrons. The molecule has 4 heteroatoms. The molecule has 2 N–H and O–H groups in total. The van der Waals surface area contributed by atoms with Crippen molar-refractivity contribution in [1.82, 2.24) is 10.2 Å². The third-order valence-electron chi connectivity index (χ3n) is 1.62. The minimum atomic E-state index is -0.0870. The minimum Gasteiger partial charge on any atom is -0.407 e. The molecule has 0 spiro atoms. The molecule has 1 heterocycles. The van der Waals surface area contributed by atoms with Crippen molar-refractivity contribution in [3.63, 3.8) is 0 Å². The summed E-state index contributed by atoms with van der Waals surface area (Å²) >= 11 is 0. The zero-order valence-corrected chi connectivity index (χ0v) is 8.05. The third kappa shape index (κ3) is 2.58. The minimum absolute atomic E-state index is 0.0753. The number of aromatic nitrogens is 2. The van der Waals surface area contributed by atoms with E-state index in [-0.39, 0.29) is 11.9 Å². The molecule has 0 aromatic carbocycles. The van der Waals surface area contributed by atoms with Crippen LogP contribution in [0, 0.1) is 0 Å². The van der Waals surface area contributed by atoms with E-state index in [4.69, 9.17) is 10.2 Å². The van der Waals surface area contributed by atoms with Crippen LogP contribution in [-0.4, -0.2) is 10.2 Å². The van der Waals surface area contributed by atoms with E-state index in [2.05, 4.69) is 16.8 Å². The molecule has 14 heavy (non-hydrogen) atoms. The van der Waals surface area contributed by atoms with E-state index >= 15 is 0 Å². The quantitative estimate of drug-likeness (QED) is 0.584. The van der Waals surface area contributed by atoms with Crippen LogP contribution < -0.4 is 5.73 Å². The summed E-state index contributed by atoms with van der Waals surface area (Å²) in [5.74, 6) is 0.370. The highest BCUT2D eigenvalue weighted by Crippen LogP contribution is 2.17. The first-order chi connectivity index (χ1) is 6.77. The van der Waals surface area contributed by atoms with Crippen LogP contribution in [0.15, 0.2) is 41.4 Å². The van der Waals surface area contributed by atoms with E-state index < -0.39 is 0 Å². The van der Waals surface area contributed by atoms with Gasteiger partial charge in [-0.2, -0.15) is 0 Å². The highest BCUT2D eigenvalue weighted by molar-refractivity contribution is 5.18. The zero-order chi connectivity index (χ0) is 10.4. The highest BCUT2D eigenvalue weighted by Gasteiger charge is 2.10. The summed E-state index contributed by atoms with van der Waals surface area (Å²) in [5.41, 5.74) is 5.31. The van der Waals surface area contributed by atoms with Gasteiger partial charge in [-0.1, -0.05) is 35.5 Å². The molecule has 1 atom stereocenters. The largest absolute Gasteiger partial charge is 0.407 e. The summed E-state index contributed by atoms with van der Waals surface area (Å²) in [5, 5.41) is 7.35. The lowest BCUT2D eigenvalue weighted by molar-refractivity contribution is 0.510. The Bertz CT molecular complexity index is 352. The normalized spacial score (nSPS) is 13.8. The van der Waals surface area contributed by atoms with Crippen LogP contribution in [0.2, 0.25) is 0 Å². The zero-order valence-electron chi connectivity index (χ0n) is 8.05. The number of hydrogen-bond acceptors (Lipinski definition) is 4. The molecule has 0 amide bonds. The van der Waals surface area contributed by atoms with Gasteiger partial charge in [0.05, 0.1) is 5.92 Å². The standard InChI is InChI=1S/C10H13N3O/c1-3-5-6-7-8(4-2)9-12-13-10(11)14-9/h3-8H,2H2,1H3,(H2,11,13). The molecule has 0 aliphatic rings. The SMILES string of the molecule is C=CC(C=CC=CC)c1nnc(N)o1. The van der Waals surface area contributed by atoms with Gasteiger partial charge in [0.1, 0.15) is 0 Å². The first kappa shape index (κ1) is 10.2. The van der Waals surface area contributed by atoms with Crippen molar-refractivity contribution in [2.75, 3.05) is 5.73 Å². The Hall–Kier alpha value is -1.84. The Morgan fingerprint density at radius 3 is 2.71 bits per heavy atom. The fourth-order valence-electron chi connectivity index (χ4n) is 0.938. The summed E-state index contributed by atoms with van der Waals surface area (Å²) < 4.78 is 5.08. The molecule has 0 fully saturated rings. The van der Waals surface area contributed by atoms with E-state index in [1.54, 1.807) is 6.08 Å². The van der Waals surface area contributed by atoms with Crippen LogP contribution in [0.3, 0.4) is 0 Å².